The Labute approximate surface area is 166 Å². The lowest BCUT2D eigenvalue weighted by Gasteiger charge is -2.35. The van der Waals surface area contributed by atoms with E-state index in [0.29, 0.717) is 19.4 Å². The van der Waals surface area contributed by atoms with Crippen molar-refractivity contribution in [3.8, 4) is 11.8 Å². The maximum Gasteiger partial charge on any atom is 0.573 e. The molecule has 0 bridgehead atoms. The number of piperidine rings is 1. The van der Waals surface area contributed by atoms with Crippen molar-refractivity contribution in [2.45, 2.75) is 45.1 Å². The normalized spacial score (nSPS) is 17.4. The fourth-order valence-electron chi connectivity index (χ4n) is 3.10. The average molecular weight is 412 g/mol. The molecule has 10 heteroatoms. The molecule has 1 unspecified atom stereocenters. The summed E-state index contributed by atoms with van der Waals surface area (Å²) in [5.74, 6) is -1.66. The molecular weight excluding hydrogens is 389 g/mol. The zero-order chi connectivity index (χ0) is 21.8. The molecule has 2 rings (SSSR count). The Balaban J connectivity index is 2.05. The second-order valence-corrected chi connectivity index (χ2v) is 7.51. The van der Waals surface area contributed by atoms with Gasteiger partial charge in [-0.3, -0.25) is 9.59 Å². The number of amides is 2. The molecular formula is C19H23F3N4O3. The van der Waals surface area contributed by atoms with Gasteiger partial charge in [-0.05, 0) is 38.8 Å². The molecule has 1 aromatic carbocycles. The number of benzene rings is 1. The summed E-state index contributed by atoms with van der Waals surface area (Å²) in [6.07, 6.45) is -3.74. The summed E-state index contributed by atoms with van der Waals surface area (Å²) in [5, 5.41) is 11.5. The number of nitrogens with zero attached hydrogens (tertiary/aromatic N) is 2. The van der Waals surface area contributed by atoms with Gasteiger partial charge in [0, 0.05) is 25.2 Å². The Kier molecular flexibility index (Phi) is 6.74. The van der Waals surface area contributed by atoms with Gasteiger partial charge in [-0.2, -0.15) is 5.26 Å². The number of carbonyl (C=O) groups is 2. The fourth-order valence-corrected chi connectivity index (χ4v) is 3.10. The first-order chi connectivity index (χ1) is 13.4. The first-order valence-corrected chi connectivity index (χ1v) is 9.05. The van der Waals surface area contributed by atoms with E-state index in [9.17, 15) is 22.8 Å². The third kappa shape index (κ3) is 6.35. The second-order valence-electron chi connectivity index (χ2n) is 7.51. The lowest BCUT2D eigenvalue weighted by molar-refractivity contribution is -0.274. The Morgan fingerprint density at radius 2 is 2.07 bits per heavy atom. The van der Waals surface area contributed by atoms with Gasteiger partial charge in [-0.25, -0.2) is 0 Å². The molecule has 1 aliphatic rings. The number of hydrogen-bond acceptors (Lipinski definition) is 5. The number of nitrogens with two attached hydrogens (primary N) is 1. The van der Waals surface area contributed by atoms with E-state index in [0.717, 1.165) is 6.07 Å². The summed E-state index contributed by atoms with van der Waals surface area (Å²) in [4.78, 5) is 26.4. The van der Waals surface area contributed by atoms with E-state index in [1.165, 1.54) is 17.0 Å². The minimum absolute atomic E-state index is 0.00478. The quantitative estimate of drug-likeness (QED) is 0.770. The first-order valence-electron chi connectivity index (χ1n) is 9.05. The maximum atomic E-state index is 12.6. The molecule has 1 aromatic rings. The lowest BCUT2D eigenvalue weighted by Crippen LogP contribution is -2.55. The monoisotopic (exact) mass is 412 g/mol. The van der Waals surface area contributed by atoms with Crippen LogP contribution in [0.25, 0.3) is 0 Å². The number of ether oxygens (including phenoxy) is 1. The lowest BCUT2D eigenvalue weighted by atomic mass is 9.94. The number of alkyl halides is 3. The molecule has 3 N–H and O–H groups in total. The number of halogens is 3. The SMILES string of the molecule is CC(C)(N)C(=O)N1CCCC(C(=O)NCc2ccc(C#N)cc2OC(F)(F)F)C1. The van der Waals surface area contributed by atoms with Crippen molar-refractivity contribution in [2.24, 2.45) is 11.7 Å². The number of hydrogen-bond donors (Lipinski definition) is 2. The van der Waals surface area contributed by atoms with Crippen LogP contribution in [0.4, 0.5) is 13.2 Å². The van der Waals surface area contributed by atoms with Crippen molar-refractivity contribution in [3.05, 3.63) is 29.3 Å². The van der Waals surface area contributed by atoms with E-state index in [4.69, 9.17) is 11.0 Å². The molecule has 2 amide bonds. The Morgan fingerprint density at radius 1 is 1.38 bits per heavy atom. The van der Waals surface area contributed by atoms with Crippen molar-refractivity contribution in [3.63, 3.8) is 0 Å². The van der Waals surface area contributed by atoms with E-state index in [1.807, 2.05) is 0 Å². The summed E-state index contributed by atoms with van der Waals surface area (Å²) in [5.41, 5.74) is 4.87. The highest BCUT2D eigenvalue weighted by atomic mass is 19.4. The molecule has 1 fully saturated rings. The largest absolute Gasteiger partial charge is 0.573 e. The van der Waals surface area contributed by atoms with Crippen molar-refractivity contribution in [1.29, 1.82) is 5.26 Å². The molecule has 29 heavy (non-hydrogen) atoms. The van der Waals surface area contributed by atoms with E-state index < -0.39 is 23.6 Å². The second kappa shape index (κ2) is 8.69. The topological polar surface area (TPSA) is 108 Å². The van der Waals surface area contributed by atoms with Gasteiger partial charge in [-0.1, -0.05) is 6.07 Å². The van der Waals surface area contributed by atoms with Crippen LogP contribution in [-0.2, 0) is 16.1 Å². The van der Waals surface area contributed by atoms with Crippen molar-refractivity contribution < 1.29 is 27.5 Å². The van der Waals surface area contributed by atoms with Crippen LogP contribution in [0.15, 0.2) is 18.2 Å². The molecule has 0 saturated carbocycles. The predicted molar refractivity (Wildman–Crippen MR) is 97.3 cm³/mol. The number of rotatable bonds is 5. The minimum atomic E-state index is -4.92. The standard InChI is InChI=1S/C19H23F3N4O3/c1-18(2,24)17(28)26-7-3-4-14(11-26)16(27)25-10-13-6-5-12(9-23)8-15(13)29-19(20,21)22/h5-6,8,14H,3-4,7,10-11,24H2,1-2H3,(H,25,27). The summed E-state index contributed by atoms with van der Waals surface area (Å²) >= 11 is 0. The van der Waals surface area contributed by atoms with Gasteiger partial charge in [-0.15, -0.1) is 13.2 Å². The molecule has 1 heterocycles. The van der Waals surface area contributed by atoms with Crippen molar-refractivity contribution in [1.82, 2.24) is 10.2 Å². The molecule has 1 atom stereocenters. The van der Waals surface area contributed by atoms with Crippen LogP contribution in [0.5, 0.6) is 5.75 Å². The van der Waals surface area contributed by atoms with E-state index in [2.05, 4.69) is 10.1 Å². The number of nitrogens with one attached hydrogen (secondary N) is 1. The Morgan fingerprint density at radius 3 is 2.66 bits per heavy atom. The van der Waals surface area contributed by atoms with Gasteiger partial charge in [0.05, 0.1) is 23.1 Å². The van der Waals surface area contributed by atoms with Crippen LogP contribution < -0.4 is 15.8 Å². The van der Waals surface area contributed by atoms with Crippen LogP contribution in [-0.4, -0.2) is 41.7 Å². The maximum absolute atomic E-state index is 12.6. The van der Waals surface area contributed by atoms with Crippen LogP contribution >= 0.6 is 0 Å². The van der Waals surface area contributed by atoms with E-state index in [1.54, 1.807) is 19.9 Å². The highest BCUT2D eigenvalue weighted by molar-refractivity contribution is 5.86. The van der Waals surface area contributed by atoms with Gasteiger partial charge in [0.2, 0.25) is 11.8 Å². The van der Waals surface area contributed by atoms with E-state index in [-0.39, 0.29) is 36.0 Å². The summed E-state index contributed by atoms with van der Waals surface area (Å²) in [7, 11) is 0. The van der Waals surface area contributed by atoms with Crippen LogP contribution in [0.2, 0.25) is 0 Å². The minimum Gasteiger partial charge on any atom is -0.405 e. The zero-order valence-electron chi connectivity index (χ0n) is 16.2. The summed E-state index contributed by atoms with van der Waals surface area (Å²) in [6.45, 7) is 3.67. The molecule has 1 saturated heterocycles. The number of carbonyl (C=O) groups excluding carboxylic acids is 2. The van der Waals surface area contributed by atoms with E-state index >= 15 is 0 Å². The zero-order valence-corrected chi connectivity index (χ0v) is 16.2. The predicted octanol–water partition coefficient (Wildman–Crippen LogP) is 2.05. The number of likely N-dealkylation sites (tertiary alicyclic amines) is 1. The first kappa shape index (κ1) is 22.5. The third-order valence-corrected chi connectivity index (χ3v) is 4.51. The summed E-state index contributed by atoms with van der Waals surface area (Å²) in [6, 6.07) is 5.36. The van der Waals surface area contributed by atoms with Crippen LogP contribution in [0, 0.1) is 17.2 Å². The fraction of sp³-hybridized carbons (Fsp3) is 0.526. The van der Waals surface area contributed by atoms with Gasteiger partial charge in [0.15, 0.2) is 0 Å². The summed E-state index contributed by atoms with van der Waals surface area (Å²) < 4.78 is 41.8. The highest BCUT2D eigenvalue weighted by Gasteiger charge is 2.34. The number of nitriles is 1. The Bertz CT molecular complexity index is 812. The third-order valence-electron chi connectivity index (χ3n) is 4.51. The average Bonchev–Trinajstić information content (AvgIpc) is 2.64. The molecule has 0 radical (unpaired) electrons. The molecule has 158 valence electrons. The van der Waals surface area contributed by atoms with Crippen LogP contribution in [0.3, 0.4) is 0 Å². The van der Waals surface area contributed by atoms with Crippen molar-refractivity contribution >= 4 is 11.8 Å². The van der Waals surface area contributed by atoms with Gasteiger partial charge in [0.25, 0.3) is 0 Å². The highest BCUT2D eigenvalue weighted by Crippen LogP contribution is 2.28. The molecule has 0 aliphatic carbocycles. The van der Waals surface area contributed by atoms with Gasteiger partial charge >= 0.3 is 6.36 Å². The molecule has 7 nitrogen and oxygen atoms in total. The van der Waals surface area contributed by atoms with Gasteiger partial charge in [0.1, 0.15) is 5.75 Å². The molecule has 1 aliphatic heterocycles. The van der Waals surface area contributed by atoms with Crippen molar-refractivity contribution in [2.75, 3.05) is 13.1 Å². The smallest absolute Gasteiger partial charge is 0.405 e. The van der Waals surface area contributed by atoms with Crippen LogP contribution in [0.1, 0.15) is 37.8 Å². The molecule has 0 spiro atoms. The van der Waals surface area contributed by atoms with Gasteiger partial charge < -0.3 is 20.7 Å². The Hall–Kier alpha value is -2.80. The molecule has 0 aromatic heterocycles.